The minimum atomic E-state index is -1.41. The lowest BCUT2D eigenvalue weighted by atomic mass is 9.79. The van der Waals surface area contributed by atoms with Gasteiger partial charge in [0, 0.05) is 62.8 Å². The van der Waals surface area contributed by atoms with Gasteiger partial charge < -0.3 is 34.6 Å². The number of hydrogen-bond acceptors (Lipinski definition) is 11. The van der Waals surface area contributed by atoms with Crippen LogP contribution in [0.5, 0.6) is 17.5 Å². The van der Waals surface area contributed by atoms with E-state index in [-0.39, 0.29) is 89.8 Å². The van der Waals surface area contributed by atoms with Gasteiger partial charge >= 0.3 is 12.1 Å². The molecule has 3 saturated heterocycles. The summed E-state index contributed by atoms with van der Waals surface area (Å²) in [5.41, 5.74) is -2.30. The molecule has 55 heavy (non-hydrogen) atoms. The number of amides is 2. The van der Waals surface area contributed by atoms with E-state index in [1.807, 2.05) is 9.80 Å². The van der Waals surface area contributed by atoms with E-state index in [2.05, 4.69) is 17.8 Å². The van der Waals surface area contributed by atoms with Crippen molar-refractivity contribution < 1.29 is 42.8 Å². The van der Waals surface area contributed by atoms with Crippen LogP contribution in [0, 0.1) is 18.2 Å². The Morgan fingerprint density at radius 1 is 1.22 bits per heavy atom. The summed E-state index contributed by atoms with van der Waals surface area (Å²) in [6.45, 7) is 8.52. The molecule has 0 radical (unpaired) electrons. The third-order valence-electron chi connectivity index (χ3n) is 11.3. The van der Waals surface area contributed by atoms with Crippen LogP contribution >= 0.6 is 0 Å². The number of ether oxygens (including phenoxy) is 3. The number of aromatic hydroxyl groups is 1. The lowest BCUT2D eigenvalue weighted by Crippen LogP contribution is -2.65. The average molecular weight is 761 g/mol. The first-order chi connectivity index (χ1) is 26.3. The number of nitrogens with one attached hydrogen (secondary N) is 1. The molecule has 7 rings (SSSR count). The molecule has 0 aliphatic carbocycles. The van der Waals surface area contributed by atoms with Crippen molar-refractivity contribution in [1.82, 2.24) is 20.2 Å². The van der Waals surface area contributed by atoms with Gasteiger partial charge in [-0.05, 0) is 69.5 Å². The number of benzene rings is 2. The van der Waals surface area contributed by atoms with Gasteiger partial charge in [-0.15, -0.1) is 6.42 Å². The Balaban J connectivity index is 1.31. The number of halogens is 2. The van der Waals surface area contributed by atoms with E-state index >= 15 is 8.78 Å². The third kappa shape index (κ3) is 7.38. The second-order valence-electron chi connectivity index (χ2n) is 15.2. The molecule has 0 spiro atoms. The summed E-state index contributed by atoms with van der Waals surface area (Å²) in [5, 5.41) is 26.0. The fourth-order valence-electron chi connectivity index (χ4n) is 8.50. The summed E-state index contributed by atoms with van der Waals surface area (Å²) < 4.78 is 48.5. The zero-order valence-electron chi connectivity index (χ0n) is 31.0. The van der Waals surface area contributed by atoms with E-state index in [0.717, 1.165) is 12.8 Å². The van der Waals surface area contributed by atoms with Crippen molar-refractivity contribution in [2.45, 2.75) is 88.3 Å². The standard InChI is InChI=1S/C40H46F2N6O7/c1-5-29-30(42)11-10-24-17-28(49)18-32(34(24)29)47-22-31-35(55-38(47)51)36(46-14-8-7-9-26(21-46)43-33(50)6-2)45-37(44-31)54-23-40(39(3,4)52)19-25(41)20-48(40)27-12-15-53-16-13-27/h1,6,10-11,17-18,25-27,49,52H,2,7-9,12-16,19-23H2,3-4H3,(H,43,50)/t25-,26?,40+/m1/s1. The number of phenols is 1. The monoisotopic (exact) mass is 760 g/mol. The topological polar surface area (TPSA) is 150 Å². The molecule has 3 N–H and O–H groups in total. The highest BCUT2D eigenvalue weighted by molar-refractivity contribution is 6.06. The number of rotatable bonds is 9. The van der Waals surface area contributed by atoms with Crippen LogP contribution in [0.25, 0.3) is 10.8 Å². The number of phenolic OH excluding ortho intramolecular Hbond substituents is 1. The van der Waals surface area contributed by atoms with E-state index in [9.17, 15) is 19.8 Å². The predicted octanol–water partition coefficient (Wildman–Crippen LogP) is 4.75. The molecule has 2 aromatic carbocycles. The fourth-order valence-corrected chi connectivity index (χ4v) is 8.50. The second kappa shape index (κ2) is 15.2. The van der Waals surface area contributed by atoms with Gasteiger partial charge in [-0.1, -0.05) is 18.6 Å². The normalized spacial score (nSPS) is 23.8. The van der Waals surface area contributed by atoms with Crippen molar-refractivity contribution in [3.8, 4) is 29.9 Å². The number of carbonyl (C=O) groups is 2. The summed E-state index contributed by atoms with van der Waals surface area (Å²) in [6, 6.07) is 4.96. The molecule has 292 valence electrons. The molecule has 0 bridgehead atoms. The average Bonchev–Trinajstić information content (AvgIpc) is 3.35. The van der Waals surface area contributed by atoms with Crippen molar-refractivity contribution in [1.29, 1.82) is 0 Å². The zero-order chi connectivity index (χ0) is 39.1. The van der Waals surface area contributed by atoms with E-state index in [1.54, 1.807) is 13.8 Å². The van der Waals surface area contributed by atoms with Gasteiger partial charge in [0.05, 0.1) is 28.9 Å². The molecule has 4 aliphatic rings. The van der Waals surface area contributed by atoms with E-state index in [1.165, 1.54) is 35.2 Å². The Kier molecular flexibility index (Phi) is 10.6. The summed E-state index contributed by atoms with van der Waals surface area (Å²) in [5.74, 6) is 1.50. The molecular formula is C40H46F2N6O7. The van der Waals surface area contributed by atoms with Gasteiger partial charge in [0.25, 0.3) is 0 Å². The van der Waals surface area contributed by atoms with Gasteiger partial charge in [-0.25, -0.2) is 13.6 Å². The second-order valence-corrected chi connectivity index (χ2v) is 15.2. The van der Waals surface area contributed by atoms with Crippen LogP contribution in [0.3, 0.4) is 0 Å². The van der Waals surface area contributed by atoms with E-state index in [4.69, 9.17) is 30.6 Å². The van der Waals surface area contributed by atoms with Crippen LogP contribution in [0.2, 0.25) is 0 Å². The molecule has 5 heterocycles. The highest BCUT2D eigenvalue weighted by Gasteiger charge is 2.57. The fraction of sp³-hybridized carbons (Fsp3) is 0.500. The van der Waals surface area contributed by atoms with Crippen LogP contribution in [0.4, 0.5) is 25.1 Å². The first-order valence-electron chi connectivity index (χ1n) is 18.7. The summed E-state index contributed by atoms with van der Waals surface area (Å²) in [7, 11) is 0. The van der Waals surface area contributed by atoms with Crippen molar-refractivity contribution in [3.63, 3.8) is 0 Å². The lowest BCUT2D eigenvalue weighted by Gasteiger charge is -2.49. The number of anilines is 2. The molecule has 0 saturated carbocycles. The zero-order valence-corrected chi connectivity index (χ0v) is 31.0. The van der Waals surface area contributed by atoms with Crippen LogP contribution in [-0.2, 0) is 16.1 Å². The maximum Gasteiger partial charge on any atom is 0.420 e. The summed E-state index contributed by atoms with van der Waals surface area (Å²) >= 11 is 0. The van der Waals surface area contributed by atoms with Gasteiger partial charge in [-0.3, -0.25) is 14.6 Å². The summed E-state index contributed by atoms with van der Waals surface area (Å²) in [6.07, 6.45) is 8.51. The number of terminal acetylenes is 1. The van der Waals surface area contributed by atoms with Gasteiger partial charge in [0.2, 0.25) is 5.91 Å². The Morgan fingerprint density at radius 3 is 2.73 bits per heavy atom. The molecule has 1 unspecified atom stereocenters. The van der Waals surface area contributed by atoms with E-state index < -0.39 is 29.2 Å². The quantitative estimate of drug-likeness (QED) is 0.205. The van der Waals surface area contributed by atoms with Crippen molar-refractivity contribution in [3.05, 3.63) is 54.0 Å². The van der Waals surface area contributed by atoms with Crippen LogP contribution in [0.15, 0.2) is 36.9 Å². The number of hydrogen-bond donors (Lipinski definition) is 3. The number of likely N-dealkylation sites (tertiary alicyclic amines) is 1. The van der Waals surface area contributed by atoms with Crippen molar-refractivity contribution in [2.75, 3.05) is 49.3 Å². The van der Waals surface area contributed by atoms with Crippen LogP contribution in [0.1, 0.15) is 63.6 Å². The molecular weight excluding hydrogens is 714 g/mol. The Labute approximate surface area is 318 Å². The molecule has 1 aromatic heterocycles. The van der Waals surface area contributed by atoms with Gasteiger partial charge in [0.1, 0.15) is 30.0 Å². The number of alkyl halides is 1. The highest BCUT2D eigenvalue weighted by Crippen LogP contribution is 2.45. The predicted molar refractivity (Wildman–Crippen MR) is 201 cm³/mol. The SMILES string of the molecule is C#Cc1c(F)ccc2cc(O)cc(N3Cc4nc(OC[C@]5(C(C)(C)O)C[C@@H](F)CN5C5CCOCC5)nc(N5CCCCC(NC(=O)C=C)C5)c4OC3=O)c12. The maximum atomic E-state index is 15.4. The molecule has 3 aromatic rings. The largest absolute Gasteiger partial charge is 0.508 e. The minimum Gasteiger partial charge on any atom is -0.508 e. The summed E-state index contributed by atoms with van der Waals surface area (Å²) in [4.78, 5) is 40.9. The van der Waals surface area contributed by atoms with Crippen molar-refractivity contribution in [2.24, 2.45) is 0 Å². The number of carbonyl (C=O) groups excluding carboxylic acids is 2. The highest BCUT2D eigenvalue weighted by atomic mass is 19.1. The molecule has 3 atom stereocenters. The lowest BCUT2D eigenvalue weighted by molar-refractivity contribution is -0.119. The van der Waals surface area contributed by atoms with Crippen molar-refractivity contribution >= 4 is 34.3 Å². The number of fused-ring (bicyclic) bond motifs is 2. The number of aliphatic hydroxyl groups is 1. The Hall–Kier alpha value is -5.04. The molecule has 15 heteroatoms. The van der Waals surface area contributed by atoms with Gasteiger partial charge in [0.15, 0.2) is 11.6 Å². The molecule has 4 aliphatic heterocycles. The number of aromatic nitrogens is 2. The third-order valence-corrected chi connectivity index (χ3v) is 11.3. The van der Waals surface area contributed by atoms with Crippen LogP contribution < -0.4 is 24.6 Å². The van der Waals surface area contributed by atoms with Gasteiger partial charge in [-0.2, -0.15) is 9.97 Å². The van der Waals surface area contributed by atoms with Crippen LogP contribution in [-0.4, -0.2) is 106 Å². The molecule has 3 fully saturated rings. The first-order valence-corrected chi connectivity index (χ1v) is 18.7. The first kappa shape index (κ1) is 38.2. The minimum absolute atomic E-state index is 0.0203. The Morgan fingerprint density at radius 2 is 2.00 bits per heavy atom. The molecule has 2 amide bonds. The number of nitrogens with zero attached hydrogens (tertiary/aromatic N) is 5. The van der Waals surface area contributed by atoms with E-state index in [0.29, 0.717) is 51.0 Å². The molecule has 13 nitrogen and oxygen atoms in total. The Bertz CT molecular complexity index is 2030. The smallest absolute Gasteiger partial charge is 0.420 e. The maximum absolute atomic E-state index is 15.4.